The normalized spacial score (nSPS) is 15.3. The van der Waals surface area contributed by atoms with Crippen molar-refractivity contribution < 1.29 is 0 Å². The highest BCUT2D eigenvalue weighted by Crippen LogP contribution is 2.22. The van der Waals surface area contributed by atoms with Crippen LogP contribution in [-0.2, 0) is 13.1 Å². The molecule has 18 heavy (non-hydrogen) atoms. The second kappa shape index (κ2) is 6.91. The summed E-state index contributed by atoms with van der Waals surface area (Å²) < 4.78 is 0. The minimum atomic E-state index is 0.762. The van der Waals surface area contributed by atoms with Gasteiger partial charge in [0, 0.05) is 13.1 Å². The Morgan fingerprint density at radius 3 is 2.39 bits per heavy atom. The second-order valence-electron chi connectivity index (χ2n) is 5.78. The predicted octanol–water partition coefficient (Wildman–Crippen LogP) is 3.03. The van der Waals surface area contributed by atoms with Gasteiger partial charge in [-0.15, -0.1) is 0 Å². The van der Waals surface area contributed by atoms with Crippen molar-refractivity contribution in [2.45, 2.75) is 39.8 Å². The maximum atomic E-state index is 3.51. The molecule has 0 atom stereocenters. The lowest BCUT2D eigenvalue weighted by molar-refractivity contribution is 0.277. The Morgan fingerprint density at radius 2 is 1.78 bits per heavy atom. The molecule has 0 fully saturated rings. The highest BCUT2D eigenvalue weighted by molar-refractivity contribution is 5.30. The molecular formula is C16H26N2. The maximum absolute atomic E-state index is 3.51. The largest absolute Gasteiger partial charge is 0.316 e. The van der Waals surface area contributed by atoms with E-state index >= 15 is 0 Å². The average Bonchev–Trinajstić information content (AvgIpc) is 2.75. The molecule has 2 rings (SSSR count). The van der Waals surface area contributed by atoms with Gasteiger partial charge in [0.1, 0.15) is 0 Å². The van der Waals surface area contributed by atoms with Crippen LogP contribution in [0.2, 0.25) is 0 Å². The van der Waals surface area contributed by atoms with Crippen LogP contribution in [0, 0.1) is 5.92 Å². The van der Waals surface area contributed by atoms with Gasteiger partial charge in [0.15, 0.2) is 0 Å². The average molecular weight is 246 g/mol. The lowest BCUT2D eigenvalue weighted by atomic mass is 10.1. The molecule has 1 aromatic rings. The Labute approximate surface area is 111 Å². The highest BCUT2D eigenvalue weighted by atomic mass is 15.1. The van der Waals surface area contributed by atoms with Gasteiger partial charge in [-0.2, -0.15) is 0 Å². The Bertz CT molecular complexity index is 335. The zero-order chi connectivity index (χ0) is 12.8. The van der Waals surface area contributed by atoms with Gasteiger partial charge in [-0.25, -0.2) is 0 Å². The van der Waals surface area contributed by atoms with Crippen LogP contribution in [-0.4, -0.2) is 24.5 Å². The standard InChI is InChI=1S/C16H26N2/c1-14(2)11-17-9-5-6-10-18-12-15-7-3-4-8-16(15)13-18/h3-4,7-8,14,17H,5-6,9-13H2,1-2H3. The number of fused-ring (bicyclic) bond motifs is 1. The fourth-order valence-corrected chi connectivity index (χ4v) is 2.54. The molecule has 0 saturated heterocycles. The van der Waals surface area contributed by atoms with Crippen LogP contribution < -0.4 is 5.32 Å². The van der Waals surface area contributed by atoms with E-state index < -0.39 is 0 Å². The lowest BCUT2D eigenvalue weighted by Crippen LogP contribution is -2.22. The minimum absolute atomic E-state index is 0.762. The smallest absolute Gasteiger partial charge is 0.0240 e. The zero-order valence-corrected chi connectivity index (χ0v) is 11.8. The summed E-state index contributed by atoms with van der Waals surface area (Å²) in [6.07, 6.45) is 2.60. The Balaban J connectivity index is 1.57. The van der Waals surface area contributed by atoms with Crippen LogP contribution >= 0.6 is 0 Å². The van der Waals surface area contributed by atoms with E-state index in [0.29, 0.717) is 0 Å². The van der Waals surface area contributed by atoms with E-state index in [0.717, 1.165) is 25.6 Å². The van der Waals surface area contributed by atoms with Crippen molar-refractivity contribution in [3.63, 3.8) is 0 Å². The van der Waals surface area contributed by atoms with Gasteiger partial charge in [0.05, 0.1) is 0 Å². The summed E-state index contributed by atoms with van der Waals surface area (Å²) in [5.41, 5.74) is 3.05. The SMILES string of the molecule is CC(C)CNCCCCN1Cc2ccccc2C1. The van der Waals surface area contributed by atoms with E-state index in [1.165, 1.54) is 37.1 Å². The van der Waals surface area contributed by atoms with Crippen molar-refractivity contribution >= 4 is 0 Å². The molecule has 2 nitrogen and oxygen atoms in total. The molecule has 0 saturated carbocycles. The van der Waals surface area contributed by atoms with Gasteiger partial charge in [0.25, 0.3) is 0 Å². The van der Waals surface area contributed by atoms with E-state index in [2.05, 4.69) is 48.3 Å². The summed E-state index contributed by atoms with van der Waals surface area (Å²) in [6, 6.07) is 8.83. The number of nitrogens with zero attached hydrogens (tertiary/aromatic N) is 1. The van der Waals surface area contributed by atoms with Crippen LogP contribution in [0.25, 0.3) is 0 Å². The molecule has 100 valence electrons. The summed E-state index contributed by atoms with van der Waals surface area (Å²) >= 11 is 0. The zero-order valence-electron chi connectivity index (χ0n) is 11.8. The van der Waals surface area contributed by atoms with Crippen molar-refractivity contribution in [1.29, 1.82) is 0 Å². The van der Waals surface area contributed by atoms with Gasteiger partial charge >= 0.3 is 0 Å². The molecule has 1 N–H and O–H groups in total. The molecule has 0 unspecified atom stereocenters. The Hall–Kier alpha value is -0.860. The summed E-state index contributed by atoms with van der Waals surface area (Å²) in [5, 5.41) is 3.51. The first-order valence-electron chi connectivity index (χ1n) is 7.25. The molecular weight excluding hydrogens is 220 g/mol. The molecule has 0 spiro atoms. The third kappa shape index (κ3) is 4.11. The van der Waals surface area contributed by atoms with Crippen molar-refractivity contribution in [1.82, 2.24) is 10.2 Å². The summed E-state index contributed by atoms with van der Waals surface area (Å²) in [5.74, 6) is 0.762. The van der Waals surface area contributed by atoms with Crippen molar-refractivity contribution in [2.75, 3.05) is 19.6 Å². The number of benzene rings is 1. The predicted molar refractivity (Wildman–Crippen MR) is 77.5 cm³/mol. The van der Waals surface area contributed by atoms with Crippen LogP contribution in [0.3, 0.4) is 0 Å². The van der Waals surface area contributed by atoms with Crippen LogP contribution in [0.5, 0.6) is 0 Å². The molecule has 0 bridgehead atoms. The van der Waals surface area contributed by atoms with E-state index in [9.17, 15) is 0 Å². The van der Waals surface area contributed by atoms with Crippen LogP contribution in [0.15, 0.2) is 24.3 Å². The van der Waals surface area contributed by atoms with E-state index in [4.69, 9.17) is 0 Å². The van der Waals surface area contributed by atoms with Gasteiger partial charge in [-0.1, -0.05) is 38.1 Å². The molecule has 1 aliphatic rings. The van der Waals surface area contributed by atoms with E-state index in [1.54, 1.807) is 0 Å². The first-order chi connectivity index (χ1) is 8.75. The second-order valence-corrected chi connectivity index (χ2v) is 5.78. The van der Waals surface area contributed by atoms with E-state index in [1.807, 2.05) is 0 Å². The molecule has 2 heteroatoms. The van der Waals surface area contributed by atoms with Crippen molar-refractivity contribution in [3.05, 3.63) is 35.4 Å². The Morgan fingerprint density at radius 1 is 1.11 bits per heavy atom. The molecule has 0 radical (unpaired) electrons. The number of rotatable bonds is 7. The maximum Gasteiger partial charge on any atom is 0.0240 e. The van der Waals surface area contributed by atoms with Gasteiger partial charge in [-0.05, 0) is 49.5 Å². The number of hydrogen-bond donors (Lipinski definition) is 1. The molecule has 0 amide bonds. The lowest BCUT2D eigenvalue weighted by Gasteiger charge is -2.14. The Kier molecular flexibility index (Phi) is 5.21. The molecule has 1 aromatic carbocycles. The number of nitrogens with one attached hydrogen (secondary N) is 1. The summed E-state index contributed by atoms with van der Waals surface area (Å²) in [4.78, 5) is 2.56. The molecule has 1 heterocycles. The molecule has 0 aromatic heterocycles. The van der Waals surface area contributed by atoms with Crippen molar-refractivity contribution in [2.24, 2.45) is 5.92 Å². The number of hydrogen-bond acceptors (Lipinski definition) is 2. The minimum Gasteiger partial charge on any atom is -0.316 e. The highest BCUT2D eigenvalue weighted by Gasteiger charge is 2.16. The van der Waals surface area contributed by atoms with Crippen molar-refractivity contribution in [3.8, 4) is 0 Å². The first kappa shape index (κ1) is 13.6. The fourth-order valence-electron chi connectivity index (χ4n) is 2.54. The van der Waals surface area contributed by atoms with Gasteiger partial charge in [0.2, 0.25) is 0 Å². The quantitative estimate of drug-likeness (QED) is 0.744. The van der Waals surface area contributed by atoms with Gasteiger partial charge in [-0.3, -0.25) is 4.90 Å². The van der Waals surface area contributed by atoms with Crippen LogP contribution in [0.4, 0.5) is 0 Å². The van der Waals surface area contributed by atoms with Gasteiger partial charge < -0.3 is 5.32 Å². The summed E-state index contributed by atoms with van der Waals surface area (Å²) in [6.45, 7) is 10.4. The topological polar surface area (TPSA) is 15.3 Å². The molecule has 1 aliphatic heterocycles. The number of unbranched alkanes of at least 4 members (excludes halogenated alkanes) is 1. The fraction of sp³-hybridized carbons (Fsp3) is 0.625. The summed E-state index contributed by atoms with van der Waals surface area (Å²) in [7, 11) is 0. The first-order valence-corrected chi connectivity index (χ1v) is 7.25. The third-order valence-electron chi connectivity index (χ3n) is 3.54. The van der Waals surface area contributed by atoms with Crippen LogP contribution in [0.1, 0.15) is 37.8 Å². The third-order valence-corrected chi connectivity index (χ3v) is 3.54. The van der Waals surface area contributed by atoms with E-state index in [-0.39, 0.29) is 0 Å². The monoisotopic (exact) mass is 246 g/mol. The molecule has 0 aliphatic carbocycles.